The van der Waals surface area contributed by atoms with E-state index < -0.39 is 0 Å². The summed E-state index contributed by atoms with van der Waals surface area (Å²) in [6.07, 6.45) is 0. The van der Waals surface area contributed by atoms with Gasteiger partial charge in [-0.05, 0) is 20.8 Å². The third-order valence-corrected chi connectivity index (χ3v) is 1.70. The number of hydrogen-bond acceptors (Lipinski definition) is 2. The zero-order chi connectivity index (χ0) is 7.78. The van der Waals surface area contributed by atoms with Gasteiger partial charge in [0.15, 0.2) is 0 Å². The largest absolute Gasteiger partial charge is 0.466 e. The molecule has 1 fully saturated rings. The van der Waals surface area contributed by atoms with Crippen LogP contribution >= 0.6 is 0 Å². The molecule has 0 saturated carbocycles. The normalized spacial score (nSPS) is 20.5. The fourth-order valence-electron chi connectivity index (χ4n) is 0.913. The molecule has 1 heterocycles. The van der Waals surface area contributed by atoms with Gasteiger partial charge >= 0.3 is 0 Å². The molecule has 1 N–H and O–H groups in total. The van der Waals surface area contributed by atoms with Crippen LogP contribution < -0.4 is 0 Å². The summed E-state index contributed by atoms with van der Waals surface area (Å²) in [5, 5.41) is 7.37. The van der Waals surface area contributed by atoms with Crippen molar-refractivity contribution < 1.29 is 4.74 Å². The zero-order valence-electron chi connectivity index (χ0n) is 6.77. The maximum Gasteiger partial charge on any atom is 0.284 e. The first-order chi connectivity index (χ1) is 4.58. The molecule has 0 radical (unpaired) electrons. The van der Waals surface area contributed by atoms with Crippen molar-refractivity contribution in [2.24, 2.45) is 0 Å². The topological polar surface area (TPSA) is 36.1 Å². The summed E-state index contributed by atoms with van der Waals surface area (Å²) in [6, 6.07) is 0.313. The molecule has 0 spiro atoms. The highest BCUT2D eigenvalue weighted by Gasteiger charge is 2.45. The Balaban J connectivity index is 2.33. The summed E-state index contributed by atoms with van der Waals surface area (Å²) in [7, 11) is 0. The van der Waals surface area contributed by atoms with E-state index in [4.69, 9.17) is 10.1 Å². The number of nitrogens with one attached hydrogen (secondary N) is 1. The van der Waals surface area contributed by atoms with Crippen molar-refractivity contribution in [2.75, 3.05) is 13.2 Å². The first-order valence-corrected chi connectivity index (χ1v) is 3.57. The van der Waals surface area contributed by atoms with Crippen molar-refractivity contribution >= 4 is 6.02 Å². The van der Waals surface area contributed by atoms with Crippen LogP contribution in [0.1, 0.15) is 20.8 Å². The molecule has 0 aromatic heterocycles. The molecule has 0 aromatic rings. The van der Waals surface area contributed by atoms with Gasteiger partial charge in [0.1, 0.15) is 0 Å². The summed E-state index contributed by atoms with van der Waals surface area (Å²) >= 11 is 0. The molecule has 10 heavy (non-hydrogen) atoms. The van der Waals surface area contributed by atoms with Crippen LogP contribution in [0.15, 0.2) is 0 Å². The lowest BCUT2D eigenvalue weighted by Crippen LogP contribution is -2.19. The van der Waals surface area contributed by atoms with E-state index >= 15 is 0 Å². The van der Waals surface area contributed by atoms with Crippen molar-refractivity contribution in [1.82, 2.24) is 4.90 Å². The Hall–Kier alpha value is -0.730. The van der Waals surface area contributed by atoms with Crippen molar-refractivity contribution in [3.05, 3.63) is 0 Å². The minimum Gasteiger partial charge on any atom is -0.466 e. The van der Waals surface area contributed by atoms with Gasteiger partial charge in [-0.15, -0.1) is 0 Å². The van der Waals surface area contributed by atoms with Gasteiger partial charge in [-0.1, -0.05) is 0 Å². The lowest BCUT2D eigenvalue weighted by Gasteiger charge is -2.08. The number of hydrogen-bond donors (Lipinski definition) is 1. The third-order valence-electron chi connectivity index (χ3n) is 1.70. The van der Waals surface area contributed by atoms with Crippen molar-refractivity contribution in [3.8, 4) is 0 Å². The Morgan fingerprint density at radius 1 is 1.70 bits per heavy atom. The van der Waals surface area contributed by atoms with Gasteiger partial charge in [-0.25, -0.2) is 0 Å². The Bertz CT molecular complexity index is 154. The van der Waals surface area contributed by atoms with Gasteiger partial charge in [0.25, 0.3) is 6.02 Å². The van der Waals surface area contributed by atoms with E-state index in [0.29, 0.717) is 12.6 Å². The van der Waals surface area contributed by atoms with Crippen LogP contribution in [0.3, 0.4) is 0 Å². The summed E-state index contributed by atoms with van der Waals surface area (Å²) in [5.41, 5.74) is 0.173. The first-order valence-electron chi connectivity index (χ1n) is 3.57. The van der Waals surface area contributed by atoms with Crippen LogP contribution in [0.4, 0.5) is 0 Å². The van der Waals surface area contributed by atoms with Crippen LogP contribution in [0.5, 0.6) is 0 Å². The molecule has 0 aromatic carbocycles. The van der Waals surface area contributed by atoms with Gasteiger partial charge in [0.2, 0.25) is 0 Å². The van der Waals surface area contributed by atoms with E-state index in [1.165, 1.54) is 0 Å². The fraction of sp³-hybridized carbons (Fsp3) is 0.857. The summed E-state index contributed by atoms with van der Waals surface area (Å²) < 4.78 is 5.01. The lowest BCUT2D eigenvalue weighted by atomic mass is 10.2. The number of amidine groups is 1. The first kappa shape index (κ1) is 7.38. The second-order valence-corrected chi connectivity index (χ2v) is 3.14. The lowest BCUT2D eigenvalue weighted by molar-refractivity contribution is 0.280. The average Bonchev–Trinajstić information content (AvgIpc) is 2.41. The smallest absolute Gasteiger partial charge is 0.284 e. The molecule has 1 saturated heterocycles. The van der Waals surface area contributed by atoms with Gasteiger partial charge < -0.3 is 9.64 Å². The Kier molecular flexibility index (Phi) is 1.58. The molecule has 0 unspecified atom stereocenters. The highest BCUT2D eigenvalue weighted by atomic mass is 16.5. The van der Waals surface area contributed by atoms with E-state index in [-0.39, 0.29) is 5.54 Å². The second kappa shape index (κ2) is 2.15. The third kappa shape index (κ3) is 1.23. The maximum absolute atomic E-state index is 7.37. The van der Waals surface area contributed by atoms with E-state index in [2.05, 4.69) is 13.8 Å². The average molecular weight is 142 g/mol. The number of nitrogens with zero attached hydrogens (tertiary/aromatic N) is 1. The zero-order valence-corrected chi connectivity index (χ0v) is 6.77. The monoisotopic (exact) mass is 142 g/mol. The fourth-order valence-corrected chi connectivity index (χ4v) is 0.913. The highest BCUT2D eigenvalue weighted by molar-refractivity contribution is 5.74. The van der Waals surface area contributed by atoms with E-state index in [9.17, 15) is 0 Å². The Labute approximate surface area is 61.5 Å². The van der Waals surface area contributed by atoms with Gasteiger partial charge in [0, 0.05) is 6.54 Å². The molecular weight excluding hydrogens is 128 g/mol. The summed E-state index contributed by atoms with van der Waals surface area (Å²) in [5.74, 6) is 0. The van der Waals surface area contributed by atoms with Gasteiger partial charge in [-0.2, -0.15) is 0 Å². The van der Waals surface area contributed by atoms with Crippen LogP contribution in [0, 0.1) is 5.41 Å². The van der Waals surface area contributed by atoms with Crippen molar-refractivity contribution in [3.63, 3.8) is 0 Å². The molecule has 1 rings (SSSR count). The molecule has 3 nitrogen and oxygen atoms in total. The van der Waals surface area contributed by atoms with Crippen LogP contribution in [0.25, 0.3) is 0 Å². The Morgan fingerprint density at radius 3 is 2.50 bits per heavy atom. The number of ether oxygens (including phenoxy) is 1. The van der Waals surface area contributed by atoms with E-state index in [1.807, 2.05) is 11.8 Å². The standard InChI is InChI=1S/C7H14N2O/c1-4-10-6(8)9-5-7(9,2)3/h8H,4-5H2,1-3H3. The van der Waals surface area contributed by atoms with Crippen LogP contribution in [-0.4, -0.2) is 29.6 Å². The minimum atomic E-state index is 0.173. The Morgan fingerprint density at radius 2 is 2.20 bits per heavy atom. The van der Waals surface area contributed by atoms with Gasteiger partial charge in [0.05, 0.1) is 12.1 Å². The summed E-state index contributed by atoms with van der Waals surface area (Å²) in [6.45, 7) is 7.63. The molecule has 1 aliphatic rings. The van der Waals surface area contributed by atoms with Crippen LogP contribution in [0.2, 0.25) is 0 Å². The van der Waals surface area contributed by atoms with E-state index in [0.717, 1.165) is 6.54 Å². The summed E-state index contributed by atoms with van der Waals surface area (Å²) in [4.78, 5) is 1.93. The second-order valence-electron chi connectivity index (χ2n) is 3.14. The minimum absolute atomic E-state index is 0.173. The van der Waals surface area contributed by atoms with Crippen molar-refractivity contribution in [2.45, 2.75) is 26.3 Å². The van der Waals surface area contributed by atoms with Gasteiger partial charge in [-0.3, -0.25) is 5.41 Å². The number of rotatable bonds is 1. The molecule has 58 valence electrons. The molecule has 1 aliphatic heterocycles. The molecule has 0 aliphatic carbocycles. The quantitative estimate of drug-likeness (QED) is 0.337. The maximum atomic E-state index is 7.37. The molecule has 3 heteroatoms. The van der Waals surface area contributed by atoms with Crippen LogP contribution in [-0.2, 0) is 4.74 Å². The predicted octanol–water partition coefficient (Wildman–Crippen LogP) is 1.05. The molecular formula is C7H14N2O. The van der Waals surface area contributed by atoms with E-state index in [1.54, 1.807) is 0 Å². The SMILES string of the molecule is CCOC(=N)N1CC1(C)C. The predicted molar refractivity (Wildman–Crippen MR) is 40.1 cm³/mol. The molecule has 0 atom stereocenters. The molecule has 0 bridgehead atoms. The molecule has 0 amide bonds. The highest BCUT2D eigenvalue weighted by Crippen LogP contribution is 2.30. The van der Waals surface area contributed by atoms with Crippen molar-refractivity contribution in [1.29, 1.82) is 5.41 Å².